The van der Waals surface area contributed by atoms with Gasteiger partial charge in [-0.25, -0.2) is 9.78 Å². The number of esters is 2. The van der Waals surface area contributed by atoms with Crippen LogP contribution in [0.3, 0.4) is 0 Å². The maximum atomic E-state index is 12.8. The van der Waals surface area contributed by atoms with E-state index in [1.807, 2.05) is 32.0 Å². The number of hydrogen-bond acceptors (Lipinski definition) is 6. The molecule has 2 unspecified atom stereocenters. The third-order valence-electron chi connectivity index (χ3n) is 6.31. The van der Waals surface area contributed by atoms with Crippen LogP contribution in [0, 0.1) is 12.8 Å². The molecule has 37 heavy (non-hydrogen) atoms. The van der Waals surface area contributed by atoms with Gasteiger partial charge in [-0.05, 0) is 69.9 Å². The summed E-state index contributed by atoms with van der Waals surface area (Å²) in [6.45, 7) is 9.84. The van der Waals surface area contributed by atoms with Crippen molar-refractivity contribution in [1.29, 1.82) is 0 Å². The Balaban J connectivity index is 1.60. The first-order valence-electron chi connectivity index (χ1n) is 12.5. The molecule has 2 heterocycles. The van der Waals surface area contributed by atoms with Crippen molar-refractivity contribution in [3.8, 4) is 0 Å². The number of rotatable bonds is 7. The molecular formula is C30H33ClN2O4. The molecule has 6 nitrogen and oxygen atoms in total. The molecule has 4 rings (SSSR count). The fraction of sp³-hybridized carbons (Fsp3) is 0.367. The summed E-state index contributed by atoms with van der Waals surface area (Å²) >= 11 is 6.09. The molecule has 0 spiro atoms. The first-order chi connectivity index (χ1) is 17.5. The summed E-state index contributed by atoms with van der Waals surface area (Å²) in [5, 5.41) is 3.60. The van der Waals surface area contributed by atoms with Crippen molar-refractivity contribution >= 4 is 29.2 Å². The van der Waals surface area contributed by atoms with Gasteiger partial charge >= 0.3 is 11.9 Å². The van der Waals surface area contributed by atoms with Crippen LogP contribution in [0.5, 0.6) is 0 Å². The fourth-order valence-corrected chi connectivity index (χ4v) is 4.84. The van der Waals surface area contributed by atoms with Crippen LogP contribution in [0.15, 0.2) is 60.7 Å². The highest BCUT2D eigenvalue weighted by molar-refractivity contribution is 6.29. The van der Waals surface area contributed by atoms with Crippen molar-refractivity contribution in [1.82, 2.24) is 4.98 Å². The summed E-state index contributed by atoms with van der Waals surface area (Å²) in [6.07, 6.45) is 0.768. The fourth-order valence-electron chi connectivity index (χ4n) is 4.69. The molecule has 1 fully saturated rings. The van der Waals surface area contributed by atoms with Crippen LogP contribution in [0.2, 0.25) is 5.15 Å². The zero-order valence-corrected chi connectivity index (χ0v) is 22.6. The Labute approximate surface area is 223 Å². The van der Waals surface area contributed by atoms with Crippen LogP contribution in [-0.2, 0) is 20.7 Å². The van der Waals surface area contributed by atoms with E-state index in [0.717, 1.165) is 23.1 Å². The summed E-state index contributed by atoms with van der Waals surface area (Å²) in [5.74, 6) is -1.01. The molecule has 0 aliphatic carbocycles. The molecular weight excluding hydrogens is 488 g/mol. The Morgan fingerprint density at radius 3 is 2.59 bits per heavy atom. The summed E-state index contributed by atoms with van der Waals surface area (Å²) in [5.41, 5.74) is 4.14. The molecule has 2 aromatic carbocycles. The molecule has 0 radical (unpaired) electrons. The minimum Gasteiger partial charge on any atom is -0.465 e. The van der Waals surface area contributed by atoms with E-state index < -0.39 is 11.6 Å². The van der Waals surface area contributed by atoms with Crippen molar-refractivity contribution < 1.29 is 19.1 Å². The van der Waals surface area contributed by atoms with E-state index in [1.54, 1.807) is 32.9 Å². The number of carbonyl (C=O) groups is 2. The molecule has 0 bridgehead atoms. The molecule has 194 valence electrons. The first kappa shape index (κ1) is 26.7. The van der Waals surface area contributed by atoms with Gasteiger partial charge in [0.25, 0.3) is 0 Å². The lowest BCUT2D eigenvalue weighted by molar-refractivity contribution is -0.139. The quantitative estimate of drug-likeness (QED) is 0.277. The number of nitrogens with zero attached hydrogens (tertiary/aromatic N) is 1. The molecule has 3 atom stereocenters. The van der Waals surface area contributed by atoms with Crippen LogP contribution in [0.25, 0.3) is 0 Å². The van der Waals surface area contributed by atoms with Gasteiger partial charge in [-0.15, -0.1) is 0 Å². The average molecular weight is 521 g/mol. The summed E-state index contributed by atoms with van der Waals surface area (Å²) in [6, 6.07) is 19.5. The van der Waals surface area contributed by atoms with E-state index in [-0.39, 0.29) is 34.7 Å². The van der Waals surface area contributed by atoms with E-state index in [4.69, 9.17) is 21.1 Å². The number of anilines is 1. The molecule has 1 N–H and O–H groups in total. The maximum absolute atomic E-state index is 12.8. The molecule has 1 aliphatic heterocycles. The lowest BCUT2D eigenvalue weighted by Crippen LogP contribution is -2.25. The number of halogens is 1. The van der Waals surface area contributed by atoms with Gasteiger partial charge in [-0.3, -0.25) is 4.79 Å². The number of hydrogen-bond donors (Lipinski definition) is 1. The minimum atomic E-state index is -0.665. The Kier molecular flexibility index (Phi) is 7.88. The van der Waals surface area contributed by atoms with E-state index in [1.165, 1.54) is 5.56 Å². The zero-order chi connectivity index (χ0) is 26.7. The van der Waals surface area contributed by atoms with E-state index in [2.05, 4.69) is 40.6 Å². The number of aryl methyl sites for hydroxylation is 1. The summed E-state index contributed by atoms with van der Waals surface area (Å²) in [7, 11) is 0. The van der Waals surface area contributed by atoms with E-state index in [9.17, 15) is 9.59 Å². The van der Waals surface area contributed by atoms with Crippen molar-refractivity contribution in [2.75, 3.05) is 11.9 Å². The molecule has 1 aromatic heterocycles. The largest absolute Gasteiger partial charge is 0.465 e. The number of carbonyl (C=O) groups excluding carboxylic acids is 2. The monoisotopic (exact) mass is 520 g/mol. The first-order valence-corrected chi connectivity index (χ1v) is 12.9. The maximum Gasteiger partial charge on any atom is 0.359 e. The van der Waals surface area contributed by atoms with Crippen LogP contribution in [-0.4, -0.2) is 29.1 Å². The normalized spacial score (nSPS) is 18.3. The highest BCUT2D eigenvalue weighted by atomic mass is 35.5. The molecule has 1 aliphatic rings. The predicted molar refractivity (Wildman–Crippen MR) is 145 cm³/mol. The predicted octanol–water partition coefficient (Wildman–Crippen LogP) is 6.67. The number of aromatic nitrogens is 1. The SMILES string of the molecule is Cc1cc(C(C)Nc2ccc(Cl)nc2C(=O)OC(C)(C)C)cc([C@H]2C(=O)OCC2Cc2ccccc2)c1. The second kappa shape index (κ2) is 10.9. The standard InChI is InChI=1S/C30H33ClN2O4/c1-18-13-21(19(2)32-24-11-12-25(31)33-27(24)29(35)37-30(3,4)5)16-22(14-18)26-23(17-36-28(26)34)15-20-9-7-6-8-10-20/h6-14,16,19,23,26,32H,15,17H2,1-5H3/t19?,23?,26-/m1/s1. The number of cyclic esters (lactones) is 1. The van der Waals surface area contributed by atoms with Gasteiger partial charge in [0.2, 0.25) is 0 Å². The summed E-state index contributed by atoms with van der Waals surface area (Å²) < 4.78 is 11.0. The zero-order valence-electron chi connectivity index (χ0n) is 21.9. The van der Waals surface area contributed by atoms with Crippen molar-refractivity contribution in [2.45, 2.75) is 58.6 Å². The Morgan fingerprint density at radius 2 is 1.89 bits per heavy atom. The number of benzene rings is 2. The van der Waals surface area contributed by atoms with Crippen LogP contribution in [0.1, 0.15) is 72.4 Å². The molecule has 0 amide bonds. The Bertz CT molecular complexity index is 1290. The van der Waals surface area contributed by atoms with E-state index in [0.29, 0.717) is 12.3 Å². The van der Waals surface area contributed by atoms with Gasteiger partial charge in [0.1, 0.15) is 10.8 Å². The van der Waals surface area contributed by atoms with E-state index >= 15 is 0 Å². The topological polar surface area (TPSA) is 77.5 Å². The minimum absolute atomic E-state index is 0.0621. The van der Waals surface area contributed by atoms with Crippen molar-refractivity contribution in [3.63, 3.8) is 0 Å². The number of pyridine rings is 1. The lowest BCUT2D eigenvalue weighted by Gasteiger charge is -2.23. The number of ether oxygens (including phenoxy) is 2. The summed E-state index contributed by atoms with van der Waals surface area (Å²) in [4.78, 5) is 29.9. The molecule has 0 saturated carbocycles. The third kappa shape index (κ3) is 6.69. The average Bonchev–Trinajstić information content (AvgIpc) is 3.19. The Morgan fingerprint density at radius 1 is 1.16 bits per heavy atom. The highest BCUT2D eigenvalue weighted by Gasteiger charge is 2.38. The molecule has 3 aromatic rings. The van der Waals surface area contributed by atoms with Crippen LogP contribution < -0.4 is 5.32 Å². The van der Waals surface area contributed by atoms with Crippen LogP contribution >= 0.6 is 11.6 Å². The molecule has 7 heteroatoms. The van der Waals surface area contributed by atoms with Crippen LogP contribution in [0.4, 0.5) is 5.69 Å². The van der Waals surface area contributed by atoms with Crippen molar-refractivity contribution in [2.24, 2.45) is 5.92 Å². The smallest absolute Gasteiger partial charge is 0.359 e. The highest BCUT2D eigenvalue weighted by Crippen LogP contribution is 2.36. The lowest BCUT2D eigenvalue weighted by atomic mass is 9.83. The second-order valence-electron chi connectivity index (χ2n) is 10.6. The van der Waals surface area contributed by atoms with Gasteiger partial charge in [0, 0.05) is 12.0 Å². The van der Waals surface area contributed by atoms with Gasteiger partial charge < -0.3 is 14.8 Å². The van der Waals surface area contributed by atoms with Gasteiger partial charge in [-0.2, -0.15) is 0 Å². The Hall–Kier alpha value is -3.38. The van der Waals surface area contributed by atoms with Gasteiger partial charge in [-0.1, -0.05) is 65.7 Å². The third-order valence-corrected chi connectivity index (χ3v) is 6.52. The van der Waals surface area contributed by atoms with Gasteiger partial charge in [0.05, 0.1) is 18.2 Å². The van der Waals surface area contributed by atoms with Crippen molar-refractivity contribution in [3.05, 3.63) is 93.8 Å². The number of nitrogens with one attached hydrogen (secondary N) is 1. The molecule has 1 saturated heterocycles. The van der Waals surface area contributed by atoms with Gasteiger partial charge in [0.15, 0.2) is 5.69 Å². The second-order valence-corrected chi connectivity index (χ2v) is 11.0.